The Morgan fingerprint density at radius 3 is 2.33 bits per heavy atom. The molecule has 0 saturated carbocycles. The fraction of sp³-hybridized carbons (Fsp3) is 0.667. The van der Waals surface area contributed by atoms with Crippen molar-refractivity contribution in [2.24, 2.45) is 0 Å². The summed E-state index contributed by atoms with van der Waals surface area (Å²) in [4.78, 5) is 39.6. The molecule has 0 spiro atoms. The van der Waals surface area contributed by atoms with E-state index in [2.05, 4.69) is 22.2 Å². The van der Waals surface area contributed by atoms with Crippen molar-refractivity contribution in [3.8, 4) is 0 Å². The lowest BCUT2D eigenvalue weighted by atomic mass is 10.1. The van der Waals surface area contributed by atoms with Crippen molar-refractivity contribution in [3.05, 3.63) is 38.2 Å². The number of rotatable bonds is 15. The van der Waals surface area contributed by atoms with Gasteiger partial charge in [-0.15, -0.1) is 0 Å². The highest BCUT2D eigenvalue weighted by Crippen LogP contribution is 2.09. The first-order valence-electron chi connectivity index (χ1n) is 10.6. The normalized spacial score (nSPS) is 13.4. The van der Waals surface area contributed by atoms with Crippen LogP contribution in [0, 0.1) is 6.92 Å². The minimum absolute atomic E-state index is 0.170. The molecule has 0 bridgehead atoms. The van der Waals surface area contributed by atoms with Gasteiger partial charge in [-0.05, 0) is 19.4 Å². The van der Waals surface area contributed by atoms with Gasteiger partial charge in [0.2, 0.25) is 5.91 Å². The molecule has 9 heteroatoms. The van der Waals surface area contributed by atoms with Crippen molar-refractivity contribution in [2.75, 3.05) is 18.1 Å². The number of carbonyl (C=O) groups excluding carboxylic acids is 1. The number of aliphatic hydroxyl groups is 1. The van der Waals surface area contributed by atoms with Gasteiger partial charge in [0.05, 0.1) is 18.2 Å². The van der Waals surface area contributed by atoms with Crippen LogP contribution in [-0.4, -0.2) is 49.3 Å². The number of aromatic amines is 2. The summed E-state index contributed by atoms with van der Waals surface area (Å²) in [7, 11) is -1.12. The molecule has 1 heterocycles. The number of aryl methyl sites for hydroxylation is 1. The summed E-state index contributed by atoms with van der Waals surface area (Å²) in [6.45, 7) is 3.43. The van der Waals surface area contributed by atoms with E-state index in [1.165, 1.54) is 38.2 Å². The van der Waals surface area contributed by atoms with Gasteiger partial charge in [-0.3, -0.25) is 18.8 Å². The Kier molecular flexibility index (Phi) is 12.9. The summed E-state index contributed by atoms with van der Waals surface area (Å²) in [5, 5.41) is 12.1. The summed E-state index contributed by atoms with van der Waals surface area (Å²) >= 11 is 0. The zero-order chi connectivity index (χ0) is 22.4. The van der Waals surface area contributed by atoms with Gasteiger partial charge in [-0.1, -0.05) is 51.9 Å². The minimum atomic E-state index is -1.12. The van der Waals surface area contributed by atoms with Crippen molar-refractivity contribution in [1.29, 1.82) is 0 Å². The highest BCUT2D eigenvalue weighted by molar-refractivity contribution is 7.85. The van der Waals surface area contributed by atoms with E-state index >= 15 is 0 Å². The minimum Gasteiger partial charge on any atom is -0.394 e. The molecule has 0 saturated heterocycles. The lowest BCUT2D eigenvalue weighted by molar-refractivity contribution is -0.117. The number of hydrogen-bond acceptors (Lipinski definition) is 5. The van der Waals surface area contributed by atoms with Gasteiger partial charge in [0.25, 0.3) is 5.56 Å². The zero-order valence-electron chi connectivity index (χ0n) is 18.0. The number of nitrogens with one attached hydrogen (secondary N) is 3. The van der Waals surface area contributed by atoms with Crippen LogP contribution in [-0.2, 0) is 15.6 Å². The molecular formula is C21H35N3O5S. The molecule has 0 aliphatic heterocycles. The molecule has 30 heavy (non-hydrogen) atoms. The number of amides is 1. The van der Waals surface area contributed by atoms with Crippen molar-refractivity contribution in [1.82, 2.24) is 15.3 Å². The third-order valence-corrected chi connectivity index (χ3v) is 6.28. The standard InChI is InChI=1S/C21H35N3O5S/c1-3-4-5-6-7-8-9-10-13-30(29)15-17(14-25)23-19(26)12-11-18-16(2)22-21(28)24-20(18)27/h11-12,17,25H,3-10,13-15H2,1-2H3,(H,23,26)(H2,22,24,27,28)/b12-11+/t17-,30-/m1/s1. The third kappa shape index (κ3) is 10.7. The first-order chi connectivity index (χ1) is 14.4. The molecule has 0 fully saturated rings. The number of hydrogen-bond donors (Lipinski definition) is 4. The topological polar surface area (TPSA) is 132 Å². The first-order valence-corrected chi connectivity index (χ1v) is 12.1. The Morgan fingerprint density at radius 1 is 1.10 bits per heavy atom. The average Bonchev–Trinajstić information content (AvgIpc) is 2.68. The van der Waals surface area contributed by atoms with Crippen LogP contribution in [0.25, 0.3) is 6.08 Å². The molecule has 4 N–H and O–H groups in total. The van der Waals surface area contributed by atoms with Gasteiger partial charge in [-0.25, -0.2) is 4.79 Å². The van der Waals surface area contributed by atoms with Crippen LogP contribution in [0.2, 0.25) is 0 Å². The Bertz CT molecular complexity index is 816. The molecule has 1 amide bonds. The molecule has 0 aromatic carbocycles. The number of carbonyl (C=O) groups is 1. The van der Waals surface area contributed by atoms with Gasteiger partial charge in [0, 0.05) is 34.1 Å². The fourth-order valence-electron chi connectivity index (χ4n) is 3.06. The molecule has 2 atom stereocenters. The first kappa shape index (κ1) is 26.0. The maximum Gasteiger partial charge on any atom is 0.325 e. The van der Waals surface area contributed by atoms with Crippen LogP contribution in [0.4, 0.5) is 0 Å². The molecule has 1 rings (SSSR count). The Balaban J connectivity index is 2.37. The Morgan fingerprint density at radius 2 is 1.73 bits per heavy atom. The SMILES string of the molecule is CCCCCCCCCC[S@@](=O)C[C@@H](CO)NC(=O)/C=C/c1c(C)[nH]c(=O)[nH]c1=O. The molecule has 8 nitrogen and oxygen atoms in total. The summed E-state index contributed by atoms with van der Waals surface area (Å²) < 4.78 is 12.2. The monoisotopic (exact) mass is 441 g/mol. The number of H-pyrrole nitrogens is 2. The lowest BCUT2D eigenvalue weighted by Gasteiger charge is -2.14. The molecule has 0 aliphatic carbocycles. The van der Waals surface area contributed by atoms with Crippen LogP contribution in [0.5, 0.6) is 0 Å². The molecule has 1 aromatic heterocycles. The molecular weight excluding hydrogens is 406 g/mol. The summed E-state index contributed by atoms with van der Waals surface area (Å²) in [5.74, 6) is 0.233. The predicted molar refractivity (Wildman–Crippen MR) is 121 cm³/mol. The van der Waals surface area contributed by atoms with Crippen LogP contribution in [0.1, 0.15) is 69.5 Å². The van der Waals surface area contributed by atoms with E-state index in [-0.39, 0.29) is 17.9 Å². The highest BCUT2D eigenvalue weighted by Gasteiger charge is 2.14. The summed E-state index contributed by atoms with van der Waals surface area (Å²) in [6.07, 6.45) is 11.8. The van der Waals surface area contributed by atoms with E-state index in [4.69, 9.17) is 0 Å². The average molecular weight is 442 g/mol. The van der Waals surface area contributed by atoms with Crippen LogP contribution in [0.3, 0.4) is 0 Å². The van der Waals surface area contributed by atoms with Gasteiger partial charge < -0.3 is 15.4 Å². The molecule has 170 valence electrons. The number of unbranched alkanes of at least 4 members (excludes halogenated alkanes) is 7. The van der Waals surface area contributed by atoms with E-state index < -0.39 is 34.0 Å². The molecule has 0 radical (unpaired) electrons. The van der Waals surface area contributed by atoms with Crippen molar-refractivity contribution in [3.63, 3.8) is 0 Å². The van der Waals surface area contributed by atoms with Gasteiger partial charge >= 0.3 is 5.69 Å². The van der Waals surface area contributed by atoms with Gasteiger partial charge in [-0.2, -0.15) is 0 Å². The van der Waals surface area contributed by atoms with E-state index in [0.29, 0.717) is 11.4 Å². The fourth-order valence-corrected chi connectivity index (χ4v) is 4.39. The van der Waals surface area contributed by atoms with Gasteiger partial charge in [0.1, 0.15) is 0 Å². The smallest absolute Gasteiger partial charge is 0.325 e. The van der Waals surface area contributed by atoms with Crippen LogP contribution >= 0.6 is 0 Å². The molecule has 0 aliphatic rings. The Hall–Kier alpha value is -2.00. The maximum absolute atomic E-state index is 12.2. The van der Waals surface area contributed by atoms with Crippen molar-refractivity contribution in [2.45, 2.75) is 71.3 Å². The highest BCUT2D eigenvalue weighted by atomic mass is 32.2. The van der Waals surface area contributed by atoms with Gasteiger partial charge in [0.15, 0.2) is 0 Å². The summed E-state index contributed by atoms with van der Waals surface area (Å²) in [5.41, 5.74) is -0.689. The number of aliphatic hydroxyl groups excluding tert-OH is 1. The Labute approximate surface area is 180 Å². The van der Waals surface area contributed by atoms with E-state index in [1.807, 2.05) is 0 Å². The second-order valence-corrected chi connectivity index (χ2v) is 9.08. The van der Waals surface area contributed by atoms with Crippen molar-refractivity contribution >= 4 is 22.8 Å². The largest absolute Gasteiger partial charge is 0.394 e. The zero-order valence-corrected chi connectivity index (χ0v) is 18.8. The molecule has 0 unspecified atom stereocenters. The predicted octanol–water partition coefficient (Wildman–Crippen LogP) is 1.75. The second kappa shape index (κ2) is 14.9. The van der Waals surface area contributed by atoms with Crippen LogP contribution in [0.15, 0.2) is 15.7 Å². The van der Waals surface area contributed by atoms with E-state index in [1.54, 1.807) is 6.92 Å². The molecule has 1 aromatic rings. The second-order valence-electron chi connectivity index (χ2n) is 7.45. The van der Waals surface area contributed by atoms with Crippen LogP contribution < -0.4 is 16.6 Å². The lowest BCUT2D eigenvalue weighted by Crippen LogP contribution is -2.40. The summed E-state index contributed by atoms with van der Waals surface area (Å²) in [6, 6.07) is -0.619. The van der Waals surface area contributed by atoms with E-state index in [9.17, 15) is 23.7 Å². The van der Waals surface area contributed by atoms with E-state index in [0.717, 1.165) is 25.3 Å². The van der Waals surface area contributed by atoms with Crippen molar-refractivity contribution < 1.29 is 14.1 Å². The quantitative estimate of drug-likeness (QED) is 0.243. The number of aromatic nitrogens is 2. The third-order valence-electron chi connectivity index (χ3n) is 4.76. The maximum atomic E-state index is 12.2.